The Morgan fingerprint density at radius 2 is 2.15 bits per heavy atom. The van der Waals surface area contributed by atoms with Gasteiger partial charge in [-0.3, -0.25) is 14.9 Å². The lowest BCUT2D eigenvalue weighted by molar-refractivity contribution is -0.385. The van der Waals surface area contributed by atoms with Crippen LogP contribution in [-0.4, -0.2) is 41.7 Å². The molecule has 0 aliphatic carbocycles. The second kappa shape index (κ2) is 7.19. The number of carbonyl (C=O) groups excluding carboxylic acids is 1. The summed E-state index contributed by atoms with van der Waals surface area (Å²) in [5, 5.41) is 21.7. The molecule has 0 aliphatic heterocycles. The summed E-state index contributed by atoms with van der Waals surface area (Å²) >= 11 is 0. The Morgan fingerprint density at radius 3 is 2.75 bits per heavy atom. The van der Waals surface area contributed by atoms with Crippen LogP contribution >= 0.6 is 0 Å². The molecule has 0 aliphatic rings. The first kappa shape index (κ1) is 15.6. The van der Waals surface area contributed by atoms with Crippen molar-refractivity contribution >= 4 is 17.6 Å². The molecule has 0 fully saturated rings. The van der Waals surface area contributed by atoms with Crippen LogP contribution in [0.3, 0.4) is 0 Å². The van der Waals surface area contributed by atoms with Crippen molar-refractivity contribution in [3.8, 4) is 0 Å². The number of para-hydroxylation sites is 1. The fraction of sp³-hybridized carbons (Fsp3) is 0.333. The zero-order valence-electron chi connectivity index (χ0n) is 10.8. The third kappa shape index (κ3) is 4.32. The summed E-state index contributed by atoms with van der Waals surface area (Å²) in [5.74, 6) is -1.70. The van der Waals surface area contributed by atoms with E-state index in [0.29, 0.717) is 5.56 Å². The van der Waals surface area contributed by atoms with Crippen molar-refractivity contribution in [2.75, 3.05) is 19.8 Å². The van der Waals surface area contributed by atoms with E-state index < -0.39 is 23.4 Å². The van der Waals surface area contributed by atoms with Crippen molar-refractivity contribution in [3.05, 3.63) is 39.4 Å². The summed E-state index contributed by atoms with van der Waals surface area (Å²) in [7, 11) is 0. The number of benzene rings is 1. The van der Waals surface area contributed by atoms with Gasteiger partial charge in [0.1, 0.15) is 12.2 Å². The minimum atomic E-state index is -1.11. The Morgan fingerprint density at radius 1 is 1.45 bits per heavy atom. The summed E-state index contributed by atoms with van der Waals surface area (Å²) in [6.07, 6.45) is 0. The van der Waals surface area contributed by atoms with E-state index in [2.05, 4.69) is 5.32 Å². The van der Waals surface area contributed by atoms with Gasteiger partial charge in [-0.2, -0.15) is 0 Å². The van der Waals surface area contributed by atoms with Gasteiger partial charge in [-0.1, -0.05) is 12.1 Å². The maximum absolute atomic E-state index is 11.8. The molecule has 0 unspecified atom stereocenters. The number of hydrogen-bond donors (Lipinski definition) is 2. The first-order valence-corrected chi connectivity index (χ1v) is 5.75. The van der Waals surface area contributed by atoms with Crippen molar-refractivity contribution < 1.29 is 24.4 Å². The lowest BCUT2D eigenvalue weighted by atomic mass is 10.1. The summed E-state index contributed by atoms with van der Waals surface area (Å²) in [6.45, 7) is 1.17. The van der Waals surface area contributed by atoms with Gasteiger partial charge in [0, 0.05) is 12.1 Å². The molecular weight excluding hydrogens is 268 g/mol. The number of carboxylic acid groups (broad SMARTS) is 1. The van der Waals surface area contributed by atoms with Crippen LogP contribution in [0.1, 0.15) is 15.9 Å². The molecule has 0 spiro atoms. The SMILES string of the molecule is Cc1cccc(C(=O)NCCOCC(=O)O)c1[N+](=O)[O-]. The monoisotopic (exact) mass is 282 g/mol. The summed E-state index contributed by atoms with van der Waals surface area (Å²) in [5.41, 5.74) is 0.120. The highest BCUT2D eigenvalue weighted by Gasteiger charge is 2.21. The number of nitrogens with zero attached hydrogens (tertiary/aromatic N) is 1. The number of hydrogen-bond acceptors (Lipinski definition) is 5. The van der Waals surface area contributed by atoms with Crippen molar-refractivity contribution in [1.29, 1.82) is 0 Å². The van der Waals surface area contributed by atoms with E-state index in [1.165, 1.54) is 6.07 Å². The zero-order valence-corrected chi connectivity index (χ0v) is 10.8. The van der Waals surface area contributed by atoms with Crippen molar-refractivity contribution in [2.45, 2.75) is 6.92 Å². The fourth-order valence-electron chi connectivity index (χ4n) is 1.58. The minimum absolute atomic E-state index is 0.0116. The molecule has 8 heteroatoms. The van der Waals surface area contributed by atoms with E-state index >= 15 is 0 Å². The summed E-state index contributed by atoms with van der Waals surface area (Å²) in [4.78, 5) is 32.3. The van der Waals surface area contributed by atoms with Crippen molar-refractivity contribution in [1.82, 2.24) is 5.32 Å². The molecule has 0 aromatic heterocycles. The average Bonchev–Trinajstić information content (AvgIpc) is 2.36. The van der Waals surface area contributed by atoms with Gasteiger partial charge in [-0.25, -0.2) is 4.79 Å². The van der Waals surface area contributed by atoms with Gasteiger partial charge in [-0.05, 0) is 13.0 Å². The molecule has 0 atom stereocenters. The van der Waals surface area contributed by atoms with Crippen LogP contribution < -0.4 is 5.32 Å². The molecule has 1 rings (SSSR count). The van der Waals surface area contributed by atoms with Gasteiger partial charge in [-0.15, -0.1) is 0 Å². The third-order valence-electron chi connectivity index (χ3n) is 2.42. The molecule has 0 radical (unpaired) electrons. The van der Waals surface area contributed by atoms with Crippen LogP contribution in [0.2, 0.25) is 0 Å². The molecule has 1 aromatic rings. The number of ether oxygens (including phenoxy) is 1. The van der Waals surface area contributed by atoms with Gasteiger partial charge in [0.05, 0.1) is 11.5 Å². The molecule has 0 heterocycles. The Bertz CT molecular complexity index is 529. The molecule has 2 N–H and O–H groups in total. The summed E-state index contributed by atoms with van der Waals surface area (Å²) in [6, 6.07) is 4.46. The maximum Gasteiger partial charge on any atom is 0.329 e. The van der Waals surface area contributed by atoms with E-state index in [1.807, 2.05) is 0 Å². The molecule has 1 amide bonds. The van der Waals surface area contributed by atoms with Crippen LogP contribution in [0.15, 0.2) is 18.2 Å². The first-order valence-electron chi connectivity index (χ1n) is 5.75. The zero-order chi connectivity index (χ0) is 15.1. The smallest absolute Gasteiger partial charge is 0.329 e. The van der Waals surface area contributed by atoms with Crippen LogP contribution in [0, 0.1) is 17.0 Å². The molecule has 108 valence electrons. The number of amides is 1. The number of aliphatic carboxylic acids is 1. The number of nitro groups is 1. The molecule has 1 aromatic carbocycles. The van der Waals surface area contributed by atoms with Gasteiger partial charge in [0.2, 0.25) is 0 Å². The quantitative estimate of drug-likeness (QED) is 0.432. The van der Waals surface area contributed by atoms with Crippen LogP contribution in [0.4, 0.5) is 5.69 Å². The Balaban J connectivity index is 2.62. The molecule has 0 saturated carbocycles. The van der Waals surface area contributed by atoms with Gasteiger partial charge in [0.15, 0.2) is 0 Å². The highest BCUT2D eigenvalue weighted by molar-refractivity contribution is 5.98. The number of aryl methyl sites for hydroxylation is 1. The highest BCUT2D eigenvalue weighted by Crippen LogP contribution is 2.22. The Hall–Kier alpha value is -2.48. The second-order valence-electron chi connectivity index (χ2n) is 3.93. The van der Waals surface area contributed by atoms with Crippen LogP contribution in [0.25, 0.3) is 0 Å². The standard InChI is InChI=1S/C12H14N2O6/c1-8-3-2-4-9(11(8)14(18)19)12(17)13-5-6-20-7-10(15)16/h2-4H,5-7H2,1H3,(H,13,17)(H,15,16). The lowest BCUT2D eigenvalue weighted by Gasteiger charge is -2.07. The molecular formula is C12H14N2O6. The maximum atomic E-state index is 11.8. The Labute approximate surface area is 114 Å². The predicted molar refractivity (Wildman–Crippen MR) is 68.6 cm³/mol. The summed E-state index contributed by atoms with van der Waals surface area (Å²) < 4.78 is 4.73. The normalized spacial score (nSPS) is 10.1. The first-order chi connectivity index (χ1) is 9.43. The number of carbonyl (C=O) groups is 2. The fourth-order valence-corrected chi connectivity index (χ4v) is 1.58. The average molecular weight is 282 g/mol. The van der Waals surface area contributed by atoms with E-state index in [4.69, 9.17) is 9.84 Å². The topological polar surface area (TPSA) is 119 Å². The molecule has 8 nitrogen and oxygen atoms in total. The number of rotatable bonds is 7. The number of nitro benzene ring substituents is 1. The van der Waals surface area contributed by atoms with Crippen molar-refractivity contribution in [2.24, 2.45) is 0 Å². The highest BCUT2D eigenvalue weighted by atomic mass is 16.6. The van der Waals surface area contributed by atoms with Crippen molar-refractivity contribution in [3.63, 3.8) is 0 Å². The van der Waals surface area contributed by atoms with Crippen LogP contribution in [0.5, 0.6) is 0 Å². The van der Waals surface area contributed by atoms with E-state index in [1.54, 1.807) is 19.1 Å². The molecule has 20 heavy (non-hydrogen) atoms. The number of carboxylic acids is 1. The third-order valence-corrected chi connectivity index (χ3v) is 2.42. The lowest BCUT2D eigenvalue weighted by Crippen LogP contribution is -2.28. The van der Waals surface area contributed by atoms with E-state index in [9.17, 15) is 19.7 Å². The Kier molecular flexibility index (Phi) is 5.60. The van der Waals surface area contributed by atoms with Gasteiger partial charge in [0.25, 0.3) is 11.6 Å². The predicted octanol–water partition coefficient (Wildman–Crippen LogP) is 0.734. The van der Waals surface area contributed by atoms with E-state index in [-0.39, 0.29) is 24.4 Å². The largest absolute Gasteiger partial charge is 0.480 e. The van der Waals surface area contributed by atoms with Gasteiger partial charge < -0.3 is 15.2 Å². The molecule has 0 bridgehead atoms. The number of nitrogens with one attached hydrogen (secondary N) is 1. The van der Waals surface area contributed by atoms with E-state index in [0.717, 1.165) is 0 Å². The molecule has 0 saturated heterocycles. The second-order valence-corrected chi connectivity index (χ2v) is 3.93. The van der Waals surface area contributed by atoms with Crippen LogP contribution in [-0.2, 0) is 9.53 Å². The van der Waals surface area contributed by atoms with Gasteiger partial charge >= 0.3 is 5.97 Å². The minimum Gasteiger partial charge on any atom is -0.480 e.